The molecule has 2 aromatic rings. The zero-order valence-electron chi connectivity index (χ0n) is 10.2. The van der Waals surface area contributed by atoms with Crippen molar-refractivity contribution in [1.82, 2.24) is 0 Å². The van der Waals surface area contributed by atoms with Crippen LogP contribution in [0.3, 0.4) is 0 Å². The van der Waals surface area contributed by atoms with E-state index in [4.69, 9.17) is 10.5 Å². The topological polar surface area (TPSA) is 59.6 Å². The highest BCUT2D eigenvalue weighted by molar-refractivity contribution is 9.10. The van der Waals surface area contributed by atoms with Crippen molar-refractivity contribution in [2.24, 2.45) is 0 Å². The van der Waals surface area contributed by atoms with Crippen LogP contribution in [0.5, 0.6) is 0 Å². The lowest BCUT2D eigenvalue weighted by Gasteiger charge is -2.10. The molecule has 0 heterocycles. The van der Waals surface area contributed by atoms with Crippen molar-refractivity contribution < 1.29 is 0 Å². The maximum Gasteiger partial charge on any atom is 0.101 e. The van der Waals surface area contributed by atoms with Gasteiger partial charge in [0.05, 0.1) is 22.5 Å². The van der Waals surface area contributed by atoms with Gasteiger partial charge in [0.1, 0.15) is 12.1 Å². The highest BCUT2D eigenvalue weighted by atomic mass is 79.9. The number of halogens is 1. The van der Waals surface area contributed by atoms with Gasteiger partial charge in [0.2, 0.25) is 0 Å². The minimum absolute atomic E-state index is 0.527. The molecular weight excluding hydrogens is 302 g/mol. The van der Waals surface area contributed by atoms with E-state index >= 15 is 0 Å². The molecule has 3 nitrogen and oxygen atoms in total. The molecule has 0 amide bonds. The second kappa shape index (κ2) is 5.56. The number of hydrogen-bond donors (Lipinski definition) is 1. The molecule has 19 heavy (non-hydrogen) atoms. The zero-order valence-corrected chi connectivity index (χ0v) is 11.8. The molecule has 0 radical (unpaired) electrons. The van der Waals surface area contributed by atoms with Gasteiger partial charge in [-0.1, -0.05) is 22.0 Å². The van der Waals surface area contributed by atoms with Crippen LogP contribution in [0, 0.1) is 29.6 Å². The minimum Gasteiger partial charge on any atom is -0.353 e. The summed E-state index contributed by atoms with van der Waals surface area (Å²) in [5.41, 5.74) is 3.50. The van der Waals surface area contributed by atoms with E-state index in [2.05, 4.69) is 33.4 Å². The van der Waals surface area contributed by atoms with E-state index in [1.807, 2.05) is 37.3 Å². The first-order valence-electron chi connectivity index (χ1n) is 5.61. The Morgan fingerprint density at radius 3 is 2.16 bits per heavy atom. The first-order valence-corrected chi connectivity index (χ1v) is 6.41. The minimum atomic E-state index is 0.527. The molecular formula is C15H10BrN3. The maximum atomic E-state index is 9.13. The first-order chi connectivity index (χ1) is 9.13. The normalized spacial score (nSPS) is 9.47. The fourth-order valence-electron chi connectivity index (χ4n) is 1.72. The lowest BCUT2D eigenvalue weighted by atomic mass is 10.1. The Kier molecular flexibility index (Phi) is 3.85. The van der Waals surface area contributed by atoms with E-state index < -0.39 is 0 Å². The van der Waals surface area contributed by atoms with Crippen molar-refractivity contribution >= 4 is 27.3 Å². The lowest BCUT2D eigenvalue weighted by molar-refractivity contribution is 1.39. The molecule has 0 aliphatic rings. The van der Waals surface area contributed by atoms with Gasteiger partial charge in [-0.15, -0.1) is 0 Å². The molecule has 0 aliphatic carbocycles. The van der Waals surface area contributed by atoms with E-state index in [1.165, 1.54) is 0 Å². The lowest BCUT2D eigenvalue weighted by Crippen LogP contribution is -1.96. The van der Waals surface area contributed by atoms with Crippen molar-refractivity contribution in [3.05, 3.63) is 57.6 Å². The number of rotatable bonds is 2. The van der Waals surface area contributed by atoms with Crippen LogP contribution in [0.2, 0.25) is 0 Å². The van der Waals surface area contributed by atoms with Crippen LogP contribution >= 0.6 is 15.9 Å². The van der Waals surface area contributed by atoms with Gasteiger partial charge in [-0.2, -0.15) is 10.5 Å². The van der Waals surface area contributed by atoms with Crippen LogP contribution < -0.4 is 5.32 Å². The monoisotopic (exact) mass is 311 g/mol. The van der Waals surface area contributed by atoms with Crippen molar-refractivity contribution in [2.75, 3.05) is 5.32 Å². The number of nitriles is 2. The fraction of sp³-hybridized carbons (Fsp3) is 0.0667. The summed E-state index contributed by atoms with van der Waals surface area (Å²) in [6, 6.07) is 15.3. The van der Waals surface area contributed by atoms with Gasteiger partial charge in [-0.3, -0.25) is 0 Å². The Hall–Kier alpha value is -2.30. The largest absolute Gasteiger partial charge is 0.353 e. The molecule has 0 unspecified atom stereocenters. The number of anilines is 2. The predicted octanol–water partition coefficient (Wildman–Crippen LogP) is 4.24. The molecule has 1 N–H and O–H groups in total. The molecule has 92 valence electrons. The molecule has 4 heteroatoms. The quantitative estimate of drug-likeness (QED) is 0.902. The fourth-order valence-corrected chi connectivity index (χ4v) is 2.08. The second-order valence-corrected chi connectivity index (χ2v) is 5.00. The summed E-state index contributed by atoms with van der Waals surface area (Å²) in [5, 5.41) is 21.4. The Labute approximate surface area is 120 Å². The summed E-state index contributed by atoms with van der Waals surface area (Å²) in [7, 11) is 0. The van der Waals surface area contributed by atoms with Crippen LogP contribution in [0.15, 0.2) is 40.9 Å². The summed E-state index contributed by atoms with van der Waals surface area (Å²) in [6.07, 6.45) is 0. The van der Waals surface area contributed by atoms with E-state index in [0.29, 0.717) is 22.5 Å². The van der Waals surface area contributed by atoms with Crippen LogP contribution in [-0.4, -0.2) is 0 Å². The summed E-state index contributed by atoms with van der Waals surface area (Å²) >= 11 is 3.33. The van der Waals surface area contributed by atoms with E-state index in [1.54, 1.807) is 6.07 Å². The van der Waals surface area contributed by atoms with E-state index in [0.717, 1.165) is 10.0 Å². The third-order valence-corrected chi connectivity index (χ3v) is 3.16. The number of nitrogens with one attached hydrogen (secondary N) is 1. The Morgan fingerprint density at radius 2 is 1.53 bits per heavy atom. The Bertz CT molecular complexity index is 647. The number of aryl methyl sites for hydroxylation is 1. The van der Waals surface area contributed by atoms with Crippen LogP contribution in [0.4, 0.5) is 11.4 Å². The smallest absolute Gasteiger partial charge is 0.101 e. The van der Waals surface area contributed by atoms with Crippen LogP contribution in [0.1, 0.15) is 16.7 Å². The first kappa shape index (κ1) is 13.1. The highest BCUT2D eigenvalue weighted by Gasteiger charge is 2.06. The van der Waals surface area contributed by atoms with E-state index in [-0.39, 0.29) is 0 Å². The van der Waals surface area contributed by atoms with Crippen molar-refractivity contribution in [3.63, 3.8) is 0 Å². The SMILES string of the molecule is Cc1ccc(Nc2ccc(Br)cc2C#N)c(C#N)c1. The molecule has 0 saturated heterocycles. The third-order valence-electron chi connectivity index (χ3n) is 2.67. The maximum absolute atomic E-state index is 9.13. The van der Waals surface area contributed by atoms with Gasteiger partial charge in [-0.25, -0.2) is 0 Å². The predicted molar refractivity (Wildman–Crippen MR) is 78.0 cm³/mol. The zero-order chi connectivity index (χ0) is 13.8. The summed E-state index contributed by atoms with van der Waals surface area (Å²) < 4.78 is 0.846. The van der Waals surface area contributed by atoms with Gasteiger partial charge in [-0.05, 0) is 42.8 Å². The van der Waals surface area contributed by atoms with Crippen LogP contribution in [-0.2, 0) is 0 Å². The Balaban J connectivity index is 2.43. The molecule has 0 aromatic heterocycles. The van der Waals surface area contributed by atoms with E-state index in [9.17, 15) is 0 Å². The molecule has 2 rings (SSSR count). The standard InChI is InChI=1S/C15H10BrN3/c1-10-2-4-14(11(6-10)8-17)19-15-5-3-13(16)7-12(15)9-18/h2-7,19H,1H3. The summed E-state index contributed by atoms with van der Waals surface area (Å²) in [5.74, 6) is 0. The average molecular weight is 312 g/mol. The van der Waals surface area contributed by atoms with Gasteiger partial charge in [0.25, 0.3) is 0 Å². The van der Waals surface area contributed by atoms with Gasteiger partial charge >= 0.3 is 0 Å². The van der Waals surface area contributed by atoms with Crippen molar-refractivity contribution in [3.8, 4) is 12.1 Å². The molecule has 0 spiro atoms. The molecule has 0 atom stereocenters. The van der Waals surface area contributed by atoms with Crippen molar-refractivity contribution in [1.29, 1.82) is 10.5 Å². The molecule has 2 aromatic carbocycles. The second-order valence-electron chi connectivity index (χ2n) is 4.09. The molecule has 0 fully saturated rings. The average Bonchev–Trinajstić information content (AvgIpc) is 2.42. The summed E-state index contributed by atoms with van der Waals surface area (Å²) in [4.78, 5) is 0. The Morgan fingerprint density at radius 1 is 0.947 bits per heavy atom. The van der Waals surface area contributed by atoms with Crippen LogP contribution in [0.25, 0.3) is 0 Å². The number of benzene rings is 2. The highest BCUT2D eigenvalue weighted by Crippen LogP contribution is 2.26. The third kappa shape index (κ3) is 2.93. The van der Waals surface area contributed by atoms with Gasteiger partial charge in [0.15, 0.2) is 0 Å². The molecule has 0 saturated carbocycles. The number of nitrogens with zero attached hydrogens (tertiary/aromatic N) is 2. The van der Waals surface area contributed by atoms with Gasteiger partial charge < -0.3 is 5.32 Å². The van der Waals surface area contributed by atoms with Crippen molar-refractivity contribution in [2.45, 2.75) is 6.92 Å². The molecule has 0 aliphatic heterocycles. The van der Waals surface area contributed by atoms with Gasteiger partial charge in [0, 0.05) is 4.47 Å². The summed E-state index contributed by atoms with van der Waals surface area (Å²) in [6.45, 7) is 1.94. The molecule has 0 bridgehead atoms. The number of hydrogen-bond acceptors (Lipinski definition) is 3.